The van der Waals surface area contributed by atoms with Crippen LogP contribution < -0.4 is 10.6 Å². The van der Waals surface area contributed by atoms with Crippen LogP contribution in [0.1, 0.15) is 18.5 Å². The number of ether oxygens (including phenoxy) is 1. The average molecular weight is 324 g/mol. The Morgan fingerprint density at radius 2 is 2.09 bits per heavy atom. The predicted molar refractivity (Wildman–Crippen MR) is 81.8 cm³/mol. The number of benzene rings is 1. The number of nitrogens with one attached hydrogen (secondary N) is 2. The average Bonchev–Trinajstić information content (AvgIpc) is 2.44. The molecule has 22 heavy (non-hydrogen) atoms. The van der Waals surface area contributed by atoms with Crippen molar-refractivity contribution in [2.24, 2.45) is 0 Å². The predicted octanol–water partition coefficient (Wildman–Crippen LogP) is 2.49. The summed E-state index contributed by atoms with van der Waals surface area (Å²) in [5.41, 5.74) is 0.168. The van der Waals surface area contributed by atoms with E-state index in [1.165, 1.54) is 12.1 Å². The summed E-state index contributed by atoms with van der Waals surface area (Å²) in [6.45, 7) is 5.03. The lowest BCUT2D eigenvalue weighted by Gasteiger charge is -2.30. The van der Waals surface area contributed by atoms with Gasteiger partial charge in [-0.15, -0.1) is 0 Å². The second-order valence-electron chi connectivity index (χ2n) is 4.59. The largest absolute Gasteiger partial charge is 0.458 e. The highest BCUT2D eigenvalue weighted by molar-refractivity contribution is 7.80. The molecule has 0 amide bonds. The molecule has 0 saturated carbocycles. The van der Waals surface area contributed by atoms with Crippen molar-refractivity contribution in [3.05, 3.63) is 59.3 Å². The summed E-state index contributed by atoms with van der Waals surface area (Å²) >= 11 is 5.00. The first-order valence-electron chi connectivity index (χ1n) is 6.46. The summed E-state index contributed by atoms with van der Waals surface area (Å²) in [5, 5.41) is 5.63. The Labute approximate surface area is 131 Å². The fourth-order valence-electron chi connectivity index (χ4n) is 2.18. The summed E-state index contributed by atoms with van der Waals surface area (Å²) < 4.78 is 33.1. The van der Waals surface area contributed by atoms with Gasteiger partial charge in [0.2, 0.25) is 0 Å². The zero-order chi connectivity index (χ0) is 16.3. The quantitative estimate of drug-likeness (QED) is 0.506. The van der Waals surface area contributed by atoms with Crippen LogP contribution in [-0.4, -0.2) is 17.7 Å². The van der Waals surface area contributed by atoms with E-state index in [-0.39, 0.29) is 22.9 Å². The topological polar surface area (TPSA) is 50.4 Å². The number of carbonyl (C=O) groups excluding carboxylic acids is 1. The fraction of sp³-hybridized carbons (Fsp3) is 0.200. The van der Waals surface area contributed by atoms with Gasteiger partial charge in [-0.25, -0.2) is 13.6 Å². The Morgan fingerprint density at radius 3 is 2.68 bits per heavy atom. The lowest BCUT2D eigenvalue weighted by atomic mass is 9.95. The highest BCUT2D eigenvalue weighted by Gasteiger charge is 2.34. The fourth-order valence-corrected chi connectivity index (χ4v) is 2.45. The van der Waals surface area contributed by atoms with E-state index < -0.39 is 23.6 Å². The maximum atomic E-state index is 14.0. The number of halogens is 2. The Balaban J connectivity index is 2.51. The van der Waals surface area contributed by atoms with E-state index in [1.54, 1.807) is 6.92 Å². The molecule has 1 aromatic rings. The van der Waals surface area contributed by atoms with Crippen LogP contribution in [-0.2, 0) is 9.53 Å². The summed E-state index contributed by atoms with van der Waals surface area (Å²) in [6.07, 6.45) is 1.40. The number of allylic oxidation sites excluding steroid dienone is 1. The molecule has 2 N–H and O–H groups in total. The molecule has 2 rings (SSSR count). The van der Waals surface area contributed by atoms with E-state index >= 15 is 0 Å². The maximum absolute atomic E-state index is 14.0. The molecule has 1 aliphatic heterocycles. The van der Waals surface area contributed by atoms with Crippen LogP contribution in [0, 0.1) is 11.6 Å². The van der Waals surface area contributed by atoms with Crippen LogP contribution in [0.4, 0.5) is 8.78 Å². The van der Waals surface area contributed by atoms with Crippen molar-refractivity contribution in [2.75, 3.05) is 6.61 Å². The Bertz CT molecular complexity index is 653. The molecule has 1 heterocycles. The first-order chi connectivity index (χ1) is 10.5. The molecule has 0 unspecified atom stereocenters. The van der Waals surface area contributed by atoms with Crippen LogP contribution in [0.2, 0.25) is 0 Å². The molecule has 1 aliphatic rings. The highest BCUT2D eigenvalue weighted by atomic mass is 32.1. The van der Waals surface area contributed by atoms with E-state index in [0.717, 1.165) is 12.1 Å². The van der Waals surface area contributed by atoms with Gasteiger partial charge in [0.25, 0.3) is 0 Å². The Hall–Kier alpha value is -2.28. The summed E-state index contributed by atoms with van der Waals surface area (Å²) in [6, 6.07) is 2.42. The smallest absolute Gasteiger partial charge is 0.338 e. The van der Waals surface area contributed by atoms with E-state index in [9.17, 15) is 13.6 Å². The first kappa shape index (κ1) is 16.1. The Kier molecular flexibility index (Phi) is 4.87. The second-order valence-corrected chi connectivity index (χ2v) is 5.00. The molecule has 0 aliphatic carbocycles. The molecule has 1 aromatic carbocycles. The first-order valence-corrected chi connectivity index (χ1v) is 6.86. The van der Waals surface area contributed by atoms with Gasteiger partial charge in [-0.1, -0.05) is 18.7 Å². The second kappa shape index (κ2) is 6.65. The summed E-state index contributed by atoms with van der Waals surface area (Å²) in [7, 11) is 0. The Morgan fingerprint density at radius 1 is 1.45 bits per heavy atom. The van der Waals surface area contributed by atoms with E-state index in [0.29, 0.717) is 5.70 Å². The van der Waals surface area contributed by atoms with E-state index in [4.69, 9.17) is 17.0 Å². The molecule has 0 aromatic heterocycles. The van der Waals surface area contributed by atoms with Crippen molar-refractivity contribution in [2.45, 2.75) is 13.0 Å². The van der Waals surface area contributed by atoms with Gasteiger partial charge in [0, 0.05) is 5.70 Å². The molecular weight excluding hydrogens is 310 g/mol. The number of hydrogen-bond acceptors (Lipinski definition) is 3. The van der Waals surface area contributed by atoms with Crippen molar-refractivity contribution < 1.29 is 18.3 Å². The molecule has 116 valence electrons. The van der Waals surface area contributed by atoms with Crippen LogP contribution in [0.25, 0.3) is 0 Å². The van der Waals surface area contributed by atoms with Crippen LogP contribution in [0.15, 0.2) is 42.1 Å². The third kappa shape index (κ3) is 3.14. The van der Waals surface area contributed by atoms with Gasteiger partial charge in [0.15, 0.2) is 5.11 Å². The van der Waals surface area contributed by atoms with Crippen molar-refractivity contribution in [3.8, 4) is 0 Å². The standard InChI is InChI=1S/C15H14F2N2O2S/c1-3-7-21-14(20)11-8(2)18-15(22)19-13(11)12-9(16)5-4-6-10(12)17/h3-6,13H,1,7H2,2H3,(H2,18,19,22)/t13-/m0/s1. The summed E-state index contributed by atoms with van der Waals surface area (Å²) in [5.74, 6) is -2.25. The van der Waals surface area contributed by atoms with Gasteiger partial charge in [-0.05, 0) is 31.3 Å². The van der Waals surface area contributed by atoms with Gasteiger partial charge in [-0.2, -0.15) is 0 Å². The molecule has 0 fully saturated rings. The normalized spacial score (nSPS) is 17.6. The zero-order valence-electron chi connectivity index (χ0n) is 11.8. The molecular formula is C15H14F2N2O2S. The van der Waals surface area contributed by atoms with Crippen molar-refractivity contribution >= 4 is 23.3 Å². The third-order valence-electron chi connectivity index (χ3n) is 3.11. The lowest BCUT2D eigenvalue weighted by Crippen LogP contribution is -2.45. The zero-order valence-corrected chi connectivity index (χ0v) is 12.6. The highest BCUT2D eigenvalue weighted by Crippen LogP contribution is 2.31. The van der Waals surface area contributed by atoms with E-state index in [2.05, 4.69) is 17.2 Å². The number of rotatable bonds is 4. The summed E-state index contributed by atoms with van der Waals surface area (Å²) in [4.78, 5) is 12.2. The van der Waals surface area contributed by atoms with E-state index in [1.807, 2.05) is 0 Å². The molecule has 1 atom stereocenters. The van der Waals surface area contributed by atoms with Gasteiger partial charge in [0.05, 0.1) is 17.2 Å². The minimum absolute atomic E-state index is 0.00741. The SMILES string of the molecule is C=CCOC(=O)C1=C(C)NC(=S)N[C@@H]1c1c(F)cccc1F. The molecule has 7 heteroatoms. The van der Waals surface area contributed by atoms with Crippen LogP contribution >= 0.6 is 12.2 Å². The maximum Gasteiger partial charge on any atom is 0.338 e. The van der Waals surface area contributed by atoms with Crippen molar-refractivity contribution in [3.63, 3.8) is 0 Å². The van der Waals surface area contributed by atoms with Gasteiger partial charge in [-0.3, -0.25) is 0 Å². The number of hydrogen-bond donors (Lipinski definition) is 2. The third-order valence-corrected chi connectivity index (χ3v) is 3.33. The molecule has 0 bridgehead atoms. The molecule has 0 saturated heterocycles. The van der Waals surface area contributed by atoms with Gasteiger partial charge in [0.1, 0.15) is 18.2 Å². The van der Waals surface area contributed by atoms with Gasteiger partial charge < -0.3 is 15.4 Å². The van der Waals surface area contributed by atoms with Crippen LogP contribution in [0.5, 0.6) is 0 Å². The molecule has 4 nitrogen and oxygen atoms in total. The number of carbonyl (C=O) groups is 1. The van der Waals surface area contributed by atoms with Crippen molar-refractivity contribution in [1.82, 2.24) is 10.6 Å². The molecule has 0 radical (unpaired) electrons. The molecule has 0 spiro atoms. The lowest BCUT2D eigenvalue weighted by molar-refractivity contribution is -0.138. The monoisotopic (exact) mass is 324 g/mol. The number of esters is 1. The van der Waals surface area contributed by atoms with Crippen LogP contribution in [0.3, 0.4) is 0 Å². The van der Waals surface area contributed by atoms with Gasteiger partial charge >= 0.3 is 5.97 Å². The minimum Gasteiger partial charge on any atom is -0.458 e. The number of thiocarbonyl (C=S) groups is 1. The van der Waals surface area contributed by atoms with Crippen molar-refractivity contribution in [1.29, 1.82) is 0 Å². The minimum atomic E-state index is -1.06.